The van der Waals surface area contributed by atoms with E-state index in [4.69, 9.17) is 27.3 Å². The number of nitrogens with two attached hydrogens (primary N) is 1. The van der Waals surface area contributed by atoms with Crippen molar-refractivity contribution in [3.8, 4) is 0 Å². The second-order valence-electron chi connectivity index (χ2n) is 8.23. The number of hydrogen-bond donors (Lipinski definition) is 3. The molecule has 1 aromatic heterocycles. The average molecular weight is 416 g/mol. The Bertz CT molecular complexity index is 1020. The van der Waals surface area contributed by atoms with E-state index in [1.807, 2.05) is 18.2 Å². The van der Waals surface area contributed by atoms with Crippen molar-refractivity contribution in [2.45, 2.75) is 40.2 Å². The number of nitrogens with one attached hydrogen (secondary N) is 2. The highest BCUT2D eigenvalue weighted by molar-refractivity contribution is 6.31. The topological polar surface area (TPSA) is 75.9 Å². The van der Waals surface area contributed by atoms with Crippen LogP contribution in [0.1, 0.15) is 33.3 Å². The largest absolute Gasteiger partial charge is 0.366 e. The fourth-order valence-electron chi connectivity index (χ4n) is 2.86. The number of halogens is 2. The highest BCUT2D eigenvalue weighted by atomic mass is 35.5. The molecule has 5 nitrogen and oxygen atoms in total. The number of para-hydroxylation sites is 1. The summed E-state index contributed by atoms with van der Waals surface area (Å²) in [7, 11) is 0. The lowest BCUT2D eigenvalue weighted by Crippen LogP contribution is -2.31. The van der Waals surface area contributed by atoms with Gasteiger partial charge in [0.15, 0.2) is 0 Å². The van der Waals surface area contributed by atoms with E-state index < -0.39 is 5.82 Å². The molecule has 0 aliphatic heterocycles. The Balaban J connectivity index is 2.09. The van der Waals surface area contributed by atoms with Crippen molar-refractivity contribution in [1.82, 2.24) is 9.97 Å². The van der Waals surface area contributed by atoms with Gasteiger partial charge in [0.25, 0.3) is 0 Å². The molecule has 1 atom stereocenters. The third-order valence-electron chi connectivity index (χ3n) is 5.05. The normalized spacial score (nSPS) is 12.8. The van der Waals surface area contributed by atoms with Gasteiger partial charge in [-0.1, -0.05) is 44.5 Å². The van der Waals surface area contributed by atoms with Crippen LogP contribution in [0.5, 0.6) is 0 Å². The van der Waals surface area contributed by atoms with E-state index in [9.17, 15) is 4.39 Å². The predicted octanol–water partition coefficient (Wildman–Crippen LogP) is 5.51. The smallest absolute Gasteiger partial charge is 0.229 e. The van der Waals surface area contributed by atoms with Crippen LogP contribution in [0.3, 0.4) is 0 Å². The van der Waals surface area contributed by atoms with E-state index in [1.165, 1.54) is 12.1 Å². The first kappa shape index (κ1) is 21.3. The van der Waals surface area contributed by atoms with Crippen molar-refractivity contribution in [3.63, 3.8) is 0 Å². The summed E-state index contributed by atoms with van der Waals surface area (Å²) in [5, 5.41) is 7.65. The summed E-state index contributed by atoms with van der Waals surface area (Å²) in [5.74, 6) is 0.684. The first-order valence-corrected chi connectivity index (χ1v) is 10.0. The summed E-state index contributed by atoms with van der Waals surface area (Å²) in [5.41, 5.74) is 8.35. The molecule has 0 radical (unpaired) electrons. The van der Waals surface area contributed by atoms with Gasteiger partial charge in [0.05, 0.1) is 10.5 Å². The first-order chi connectivity index (χ1) is 13.7. The van der Waals surface area contributed by atoms with Gasteiger partial charge in [-0.2, -0.15) is 4.98 Å². The number of nitrogens with zero attached hydrogens (tertiary/aromatic N) is 2. The summed E-state index contributed by atoms with van der Waals surface area (Å²) in [6, 6.07) is 10.6. The van der Waals surface area contributed by atoms with Gasteiger partial charge in [0.2, 0.25) is 5.95 Å². The SMILES string of the molecule is C[C@@H](Nc1nc(Nc2ccc(F)c(Cl)c2)nc2c(CCN)cccc12)C(C)(C)C. The fourth-order valence-corrected chi connectivity index (χ4v) is 3.04. The minimum atomic E-state index is -0.469. The molecule has 0 aliphatic rings. The van der Waals surface area contributed by atoms with Crippen LogP contribution in [0.25, 0.3) is 10.9 Å². The van der Waals surface area contributed by atoms with Crippen molar-refractivity contribution in [1.29, 1.82) is 0 Å². The predicted molar refractivity (Wildman–Crippen MR) is 120 cm³/mol. The number of hydrogen-bond acceptors (Lipinski definition) is 5. The van der Waals surface area contributed by atoms with Crippen LogP contribution >= 0.6 is 11.6 Å². The molecular weight excluding hydrogens is 389 g/mol. The lowest BCUT2D eigenvalue weighted by atomic mass is 9.88. The van der Waals surface area contributed by atoms with Gasteiger partial charge >= 0.3 is 0 Å². The Morgan fingerprint density at radius 1 is 1.17 bits per heavy atom. The third-order valence-corrected chi connectivity index (χ3v) is 5.34. The van der Waals surface area contributed by atoms with Gasteiger partial charge in [-0.15, -0.1) is 0 Å². The summed E-state index contributed by atoms with van der Waals surface area (Å²) in [6.45, 7) is 9.18. The molecule has 0 fully saturated rings. The summed E-state index contributed by atoms with van der Waals surface area (Å²) in [6.07, 6.45) is 0.713. The molecule has 0 saturated heterocycles. The van der Waals surface area contributed by atoms with E-state index in [0.717, 1.165) is 22.3 Å². The van der Waals surface area contributed by atoms with Crippen LogP contribution in [0.2, 0.25) is 5.02 Å². The van der Waals surface area contributed by atoms with Crippen LogP contribution in [-0.4, -0.2) is 22.6 Å². The van der Waals surface area contributed by atoms with Gasteiger partial charge in [-0.25, -0.2) is 9.37 Å². The Morgan fingerprint density at radius 2 is 1.93 bits per heavy atom. The molecule has 3 aromatic rings. The Labute approximate surface area is 175 Å². The standard InChI is InChI=1S/C22H27ClFN5/c1-13(22(2,3)4)26-20-16-7-5-6-14(10-11-25)19(16)28-21(29-20)27-15-8-9-18(24)17(23)12-15/h5-9,12-13H,10-11,25H2,1-4H3,(H2,26,27,28,29)/t13-/m1/s1. The van der Waals surface area contributed by atoms with Crippen molar-refractivity contribution in [2.75, 3.05) is 17.2 Å². The molecule has 0 bridgehead atoms. The molecule has 29 heavy (non-hydrogen) atoms. The van der Waals surface area contributed by atoms with Gasteiger partial charge in [-0.3, -0.25) is 0 Å². The third kappa shape index (κ3) is 4.95. The number of anilines is 3. The molecule has 154 valence electrons. The van der Waals surface area contributed by atoms with Crippen LogP contribution < -0.4 is 16.4 Å². The molecule has 0 saturated carbocycles. The number of aromatic nitrogens is 2. The van der Waals surface area contributed by atoms with E-state index in [-0.39, 0.29) is 16.5 Å². The highest BCUT2D eigenvalue weighted by Gasteiger charge is 2.22. The maximum absolute atomic E-state index is 13.5. The van der Waals surface area contributed by atoms with Crippen molar-refractivity contribution >= 4 is 40.0 Å². The molecule has 3 rings (SSSR count). The first-order valence-electron chi connectivity index (χ1n) is 9.67. The van der Waals surface area contributed by atoms with Crippen molar-refractivity contribution in [2.24, 2.45) is 11.1 Å². The van der Waals surface area contributed by atoms with Crippen molar-refractivity contribution < 1.29 is 4.39 Å². The second kappa shape index (κ2) is 8.51. The number of rotatable bonds is 6. The fraction of sp³-hybridized carbons (Fsp3) is 0.364. The second-order valence-corrected chi connectivity index (χ2v) is 8.64. The van der Waals surface area contributed by atoms with Gasteiger partial charge in [0.1, 0.15) is 11.6 Å². The zero-order chi connectivity index (χ0) is 21.2. The molecule has 2 aromatic carbocycles. The molecule has 0 unspecified atom stereocenters. The van der Waals surface area contributed by atoms with E-state index in [0.29, 0.717) is 24.6 Å². The van der Waals surface area contributed by atoms with E-state index >= 15 is 0 Å². The minimum absolute atomic E-state index is 0.0410. The monoisotopic (exact) mass is 415 g/mol. The lowest BCUT2D eigenvalue weighted by Gasteiger charge is -2.29. The summed E-state index contributed by atoms with van der Waals surface area (Å²) < 4.78 is 13.5. The molecule has 7 heteroatoms. The quantitative estimate of drug-likeness (QED) is 0.494. The maximum Gasteiger partial charge on any atom is 0.229 e. The van der Waals surface area contributed by atoms with E-state index in [1.54, 1.807) is 6.07 Å². The molecule has 1 heterocycles. The Morgan fingerprint density at radius 3 is 2.59 bits per heavy atom. The number of fused-ring (bicyclic) bond motifs is 1. The molecule has 0 aliphatic carbocycles. The molecule has 0 amide bonds. The van der Waals surface area contributed by atoms with Crippen LogP contribution in [0, 0.1) is 11.2 Å². The molecular formula is C22H27ClFN5. The molecule has 0 spiro atoms. The van der Waals surface area contributed by atoms with E-state index in [2.05, 4.69) is 38.3 Å². The molecule has 4 N–H and O–H groups in total. The average Bonchev–Trinajstić information content (AvgIpc) is 2.65. The van der Waals surface area contributed by atoms with Crippen LogP contribution in [-0.2, 0) is 6.42 Å². The Hall–Kier alpha value is -2.44. The summed E-state index contributed by atoms with van der Waals surface area (Å²) >= 11 is 5.91. The number of benzene rings is 2. The zero-order valence-corrected chi connectivity index (χ0v) is 17.9. The van der Waals surface area contributed by atoms with Gasteiger partial charge in [0, 0.05) is 17.1 Å². The van der Waals surface area contributed by atoms with Crippen LogP contribution in [0.4, 0.5) is 21.8 Å². The lowest BCUT2D eigenvalue weighted by molar-refractivity contribution is 0.359. The maximum atomic E-state index is 13.5. The van der Waals surface area contributed by atoms with Crippen molar-refractivity contribution in [3.05, 3.63) is 52.8 Å². The Kier molecular flexibility index (Phi) is 6.24. The van der Waals surface area contributed by atoms with Crippen LogP contribution in [0.15, 0.2) is 36.4 Å². The van der Waals surface area contributed by atoms with Gasteiger partial charge in [-0.05, 0) is 55.1 Å². The van der Waals surface area contributed by atoms with Gasteiger partial charge < -0.3 is 16.4 Å². The minimum Gasteiger partial charge on any atom is -0.366 e. The highest BCUT2D eigenvalue weighted by Crippen LogP contribution is 2.30. The zero-order valence-electron chi connectivity index (χ0n) is 17.2. The summed E-state index contributed by atoms with van der Waals surface area (Å²) in [4.78, 5) is 9.42.